The Kier molecular flexibility index (Phi) is 5.56. The summed E-state index contributed by atoms with van der Waals surface area (Å²) >= 11 is 0. The quantitative estimate of drug-likeness (QED) is 0.394. The van der Waals surface area contributed by atoms with Crippen LogP contribution in [0.3, 0.4) is 0 Å². The molecule has 0 aromatic carbocycles. The Balaban J connectivity index is 2.95. The van der Waals surface area contributed by atoms with Crippen molar-refractivity contribution >= 4 is 5.97 Å². The number of carboxylic acids is 1. The molecular weight excluding hydrogens is 232 g/mol. The summed E-state index contributed by atoms with van der Waals surface area (Å²) in [5.41, 5.74) is 1.18. The maximum absolute atomic E-state index is 11.8. The zero-order valence-corrected chi connectivity index (χ0v) is 11.5. The highest BCUT2D eigenvalue weighted by atomic mass is 16.5. The van der Waals surface area contributed by atoms with E-state index in [2.05, 4.69) is 17.7 Å². The Morgan fingerprint density at radius 2 is 2.11 bits per heavy atom. The molecule has 18 heavy (non-hydrogen) atoms. The van der Waals surface area contributed by atoms with Gasteiger partial charge in [0.05, 0.1) is 0 Å². The fourth-order valence-corrected chi connectivity index (χ4v) is 3.66. The van der Waals surface area contributed by atoms with Crippen molar-refractivity contribution in [1.29, 1.82) is 0 Å². The van der Waals surface area contributed by atoms with E-state index in [-0.39, 0.29) is 5.41 Å². The van der Waals surface area contributed by atoms with Crippen LogP contribution in [0.15, 0.2) is 0 Å². The van der Waals surface area contributed by atoms with Gasteiger partial charge in [-0.05, 0) is 38.6 Å². The normalized spacial score (nSPS) is 31.7. The van der Waals surface area contributed by atoms with Crippen LogP contribution in [-0.2, 0) is 4.79 Å². The maximum atomic E-state index is 11.8. The lowest BCUT2D eigenvalue weighted by Crippen LogP contribution is -2.57. The predicted molar refractivity (Wildman–Crippen MR) is 69.6 cm³/mol. The third kappa shape index (κ3) is 2.53. The molecule has 1 heterocycles. The first-order valence-corrected chi connectivity index (χ1v) is 6.94. The molecule has 106 valence electrons. The Morgan fingerprint density at radius 3 is 2.61 bits per heavy atom. The van der Waals surface area contributed by atoms with E-state index >= 15 is 0 Å². The van der Waals surface area contributed by atoms with Gasteiger partial charge in [-0.15, -0.1) is 0 Å². The molecule has 1 aliphatic rings. The van der Waals surface area contributed by atoms with Gasteiger partial charge < -0.3 is 15.6 Å². The average molecular weight is 258 g/mol. The van der Waals surface area contributed by atoms with Gasteiger partial charge in [-0.2, -0.15) is 0 Å². The SMILES string of the molecule is CCCC1(CCCNO)CCNC1(CC)C(=O)O. The number of rotatable bonds is 8. The smallest absolute Gasteiger partial charge is 0.324 e. The van der Waals surface area contributed by atoms with Gasteiger partial charge in [0.2, 0.25) is 0 Å². The van der Waals surface area contributed by atoms with Gasteiger partial charge in [0.25, 0.3) is 0 Å². The van der Waals surface area contributed by atoms with Gasteiger partial charge in [0, 0.05) is 12.0 Å². The highest BCUT2D eigenvalue weighted by Gasteiger charge is 2.57. The minimum atomic E-state index is -0.793. The third-order valence-corrected chi connectivity index (χ3v) is 4.50. The van der Waals surface area contributed by atoms with Crippen LogP contribution in [0.2, 0.25) is 0 Å². The molecule has 0 radical (unpaired) electrons. The second kappa shape index (κ2) is 6.50. The molecule has 0 aliphatic carbocycles. The van der Waals surface area contributed by atoms with Crippen molar-refractivity contribution in [3.63, 3.8) is 0 Å². The number of hydrogen-bond donors (Lipinski definition) is 4. The topological polar surface area (TPSA) is 81.6 Å². The number of carboxylic acid groups (broad SMARTS) is 1. The molecule has 2 unspecified atom stereocenters. The maximum Gasteiger partial charge on any atom is 0.324 e. The first kappa shape index (κ1) is 15.4. The van der Waals surface area contributed by atoms with Gasteiger partial charge in [-0.25, -0.2) is 5.48 Å². The largest absolute Gasteiger partial charge is 0.480 e. The molecule has 0 spiro atoms. The van der Waals surface area contributed by atoms with Crippen molar-refractivity contribution in [2.75, 3.05) is 13.1 Å². The molecule has 1 saturated heterocycles. The second-order valence-electron chi connectivity index (χ2n) is 5.28. The van der Waals surface area contributed by atoms with E-state index in [1.54, 1.807) is 0 Å². The van der Waals surface area contributed by atoms with Crippen LogP contribution >= 0.6 is 0 Å². The molecule has 0 aromatic heterocycles. The summed E-state index contributed by atoms with van der Waals surface area (Å²) in [7, 11) is 0. The molecule has 5 heteroatoms. The van der Waals surface area contributed by atoms with Crippen LogP contribution < -0.4 is 10.8 Å². The average Bonchev–Trinajstić information content (AvgIpc) is 2.70. The van der Waals surface area contributed by atoms with Crippen LogP contribution in [-0.4, -0.2) is 34.9 Å². The summed E-state index contributed by atoms with van der Waals surface area (Å²) in [6, 6.07) is 0. The minimum absolute atomic E-state index is 0.181. The van der Waals surface area contributed by atoms with Crippen LogP contribution in [0.4, 0.5) is 0 Å². The first-order chi connectivity index (χ1) is 8.58. The Hall–Kier alpha value is -0.650. The number of aliphatic carboxylic acids is 1. The van der Waals surface area contributed by atoms with Crippen molar-refractivity contribution in [3.8, 4) is 0 Å². The highest BCUT2D eigenvalue weighted by Crippen LogP contribution is 2.49. The van der Waals surface area contributed by atoms with E-state index in [1.807, 2.05) is 6.92 Å². The van der Waals surface area contributed by atoms with E-state index in [9.17, 15) is 9.90 Å². The van der Waals surface area contributed by atoms with Crippen LogP contribution in [0.25, 0.3) is 0 Å². The van der Waals surface area contributed by atoms with Gasteiger partial charge in [-0.3, -0.25) is 4.79 Å². The van der Waals surface area contributed by atoms with Crippen LogP contribution in [0.5, 0.6) is 0 Å². The standard InChI is InChI=1S/C13H26N2O3/c1-3-6-12(7-5-9-15-18)8-10-14-13(12,4-2)11(16)17/h14-15,18H,3-10H2,1-2H3,(H,16,17). The summed E-state index contributed by atoms with van der Waals surface area (Å²) in [5.74, 6) is -0.729. The Morgan fingerprint density at radius 1 is 1.39 bits per heavy atom. The third-order valence-electron chi connectivity index (χ3n) is 4.50. The van der Waals surface area contributed by atoms with Crippen molar-refractivity contribution < 1.29 is 15.1 Å². The molecule has 0 bridgehead atoms. The van der Waals surface area contributed by atoms with E-state index in [1.165, 1.54) is 0 Å². The van der Waals surface area contributed by atoms with E-state index < -0.39 is 11.5 Å². The van der Waals surface area contributed by atoms with Gasteiger partial charge in [0.1, 0.15) is 5.54 Å². The highest BCUT2D eigenvalue weighted by molar-refractivity contribution is 5.80. The molecule has 5 nitrogen and oxygen atoms in total. The van der Waals surface area contributed by atoms with Gasteiger partial charge >= 0.3 is 5.97 Å². The molecule has 1 fully saturated rings. The van der Waals surface area contributed by atoms with Crippen LogP contribution in [0, 0.1) is 5.41 Å². The molecule has 0 amide bonds. The molecule has 1 aliphatic heterocycles. The summed E-state index contributed by atoms with van der Waals surface area (Å²) in [4.78, 5) is 11.8. The van der Waals surface area contributed by atoms with Crippen molar-refractivity contribution in [1.82, 2.24) is 10.8 Å². The summed E-state index contributed by atoms with van der Waals surface area (Å²) in [6.45, 7) is 5.34. The zero-order chi connectivity index (χ0) is 13.6. The lowest BCUT2D eigenvalue weighted by molar-refractivity contribution is -0.150. The summed E-state index contributed by atoms with van der Waals surface area (Å²) in [6.07, 6.45) is 5.06. The first-order valence-electron chi connectivity index (χ1n) is 6.94. The summed E-state index contributed by atoms with van der Waals surface area (Å²) in [5, 5.41) is 21.6. The molecule has 4 N–H and O–H groups in total. The van der Waals surface area contributed by atoms with E-state index in [0.717, 1.165) is 38.6 Å². The number of nitrogens with one attached hydrogen (secondary N) is 2. The monoisotopic (exact) mass is 258 g/mol. The number of hydrogen-bond acceptors (Lipinski definition) is 4. The zero-order valence-electron chi connectivity index (χ0n) is 11.5. The van der Waals surface area contributed by atoms with E-state index in [0.29, 0.717) is 13.0 Å². The minimum Gasteiger partial charge on any atom is -0.480 e. The van der Waals surface area contributed by atoms with Crippen molar-refractivity contribution in [3.05, 3.63) is 0 Å². The van der Waals surface area contributed by atoms with Crippen molar-refractivity contribution in [2.24, 2.45) is 5.41 Å². The predicted octanol–water partition coefficient (Wildman–Crippen LogP) is 1.76. The fourth-order valence-electron chi connectivity index (χ4n) is 3.66. The Bertz CT molecular complexity index is 285. The molecule has 1 rings (SSSR count). The van der Waals surface area contributed by atoms with Crippen molar-refractivity contribution in [2.45, 2.75) is 57.9 Å². The van der Waals surface area contributed by atoms with Crippen LogP contribution in [0.1, 0.15) is 52.4 Å². The molecule has 0 aromatic rings. The summed E-state index contributed by atoms with van der Waals surface area (Å²) < 4.78 is 0. The fraction of sp³-hybridized carbons (Fsp3) is 0.923. The second-order valence-corrected chi connectivity index (χ2v) is 5.28. The van der Waals surface area contributed by atoms with Gasteiger partial charge in [-0.1, -0.05) is 20.3 Å². The molecule has 2 atom stereocenters. The number of hydroxylamine groups is 1. The number of carbonyl (C=O) groups is 1. The molecular formula is C13H26N2O3. The lowest BCUT2D eigenvalue weighted by atomic mass is 9.63. The van der Waals surface area contributed by atoms with E-state index in [4.69, 9.17) is 5.21 Å². The van der Waals surface area contributed by atoms with Gasteiger partial charge in [0.15, 0.2) is 0 Å². The Labute approximate surface area is 109 Å². The molecule has 0 saturated carbocycles. The lowest BCUT2D eigenvalue weighted by Gasteiger charge is -2.43.